The van der Waals surface area contributed by atoms with E-state index in [-0.39, 0.29) is 14.9 Å². The third-order valence-corrected chi connectivity index (χ3v) is 5.86. The second kappa shape index (κ2) is 13.2. The van der Waals surface area contributed by atoms with Gasteiger partial charge in [-0.1, -0.05) is 67.1 Å². The Balaban J connectivity index is 0.000000595. The molecule has 4 rings (SSSR count). The molecule has 3 aromatic carbocycles. The molecule has 0 heterocycles. The summed E-state index contributed by atoms with van der Waals surface area (Å²) in [6, 6.07) is 17.6. The second-order valence-corrected chi connectivity index (χ2v) is 7.91. The summed E-state index contributed by atoms with van der Waals surface area (Å²) in [6.45, 7) is 18.3. The first-order valence-electron chi connectivity index (χ1n) is 10.0. The van der Waals surface area contributed by atoms with Crippen molar-refractivity contribution in [3.05, 3.63) is 103 Å². The maximum atomic E-state index is 3.36. The molecule has 1 unspecified atom stereocenters. The van der Waals surface area contributed by atoms with Crippen molar-refractivity contribution in [3.8, 4) is 11.1 Å². The molecule has 1 aliphatic carbocycles. The van der Waals surface area contributed by atoms with Crippen LogP contribution in [-0.2, 0) is 23.3 Å². The minimum absolute atomic E-state index is 0. The summed E-state index contributed by atoms with van der Waals surface area (Å²) in [5.74, 6) is 0.560. The van der Waals surface area contributed by atoms with Crippen molar-refractivity contribution in [1.29, 1.82) is 0 Å². The summed E-state index contributed by atoms with van der Waals surface area (Å²) in [7, 11) is 0. The van der Waals surface area contributed by atoms with Crippen LogP contribution < -0.4 is 0 Å². The van der Waals surface area contributed by atoms with E-state index in [1.54, 1.807) is 0 Å². The van der Waals surface area contributed by atoms with Gasteiger partial charge in [-0.05, 0) is 20.8 Å². The second-order valence-electron chi connectivity index (χ2n) is 7.91. The average molecular weight is 504 g/mol. The summed E-state index contributed by atoms with van der Waals surface area (Å²) in [5, 5.41) is 2.68. The molecule has 0 aromatic heterocycles. The third kappa shape index (κ3) is 6.80. The van der Waals surface area contributed by atoms with Crippen molar-refractivity contribution in [2.75, 3.05) is 0 Å². The predicted octanol–water partition coefficient (Wildman–Crippen LogP) is 8.39. The molecule has 31 heavy (non-hydrogen) atoms. The Morgan fingerprint density at radius 1 is 0.903 bits per heavy atom. The molecule has 0 amide bonds. The quantitative estimate of drug-likeness (QED) is 0.231. The van der Waals surface area contributed by atoms with Gasteiger partial charge in [0.15, 0.2) is 0 Å². The van der Waals surface area contributed by atoms with E-state index in [0.717, 1.165) is 0 Å². The van der Waals surface area contributed by atoms with E-state index in [4.69, 9.17) is 0 Å². The SMILES string of the molecule is CC1=[C-]C(C)C(C)=C1C.Cc1cc(C)c(-c2c[cH-]c3ccccc23)c(C)c1.[CH3-].[CH3-].[Si]=[Zr]. The Bertz CT molecular complexity index is 1040. The van der Waals surface area contributed by atoms with E-state index < -0.39 is 0 Å². The standard InChI is InChI=1S/C18H17.C9H13.2CH3.Si.Zr/c1-12-10-13(2)18(14(3)11-12)17-9-8-15-6-4-5-7-16(15)17;1-6-5-7(2)9(4)8(6)3;;;;/h4-11H,1-3H3;6H,1-4H3;2*1H3;;/q4*-1;;. The van der Waals surface area contributed by atoms with Gasteiger partial charge in [0.2, 0.25) is 0 Å². The summed E-state index contributed by atoms with van der Waals surface area (Å²) < 4.78 is 0. The summed E-state index contributed by atoms with van der Waals surface area (Å²) in [5.41, 5.74) is 11.1. The molecule has 0 spiro atoms. The van der Waals surface area contributed by atoms with Crippen molar-refractivity contribution in [3.63, 3.8) is 0 Å². The Morgan fingerprint density at radius 2 is 1.45 bits per heavy atom. The van der Waals surface area contributed by atoms with E-state index in [2.05, 4.69) is 110 Å². The van der Waals surface area contributed by atoms with E-state index in [0.29, 0.717) is 5.92 Å². The molecule has 0 nitrogen and oxygen atoms in total. The van der Waals surface area contributed by atoms with Crippen LogP contribution in [0, 0.1) is 47.6 Å². The minimum atomic E-state index is 0. The van der Waals surface area contributed by atoms with Crippen molar-refractivity contribution < 1.29 is 23.3 Å². The molecule has 164 valence electrons. The Labute approximate surface area is 208 Å². The molecule has 2 heteroatoms. The van der Waals surface area contributed by atoms with Gasteiger partial charge in [0.05, 0.1) is 0 Å². The van der Waals surface area contributed by atoms with Crippen LogP contribution in [0.15, 0.2) is 65.3 Å². The molecule has 3 aromatic rings. The first-order chi connectivity index (χ1) is 13.8. The van der Waals surface area contributed by atoms with Gasteiger partial charge >= 0.3 is 30.2 Å². The zero-order valence-electron chi connectivity index (χ0n) is 20.7. The molecule has 0 aliphatic heterocycles. The number of allylic oxidation sites excluding steroid dienone is 4. The van der Waals surface area contributed by atoms with Crippen LogP contribution in [0.3, 0.4) is 0 Å². The monoisotopic (exact) mass is 502 g/mol. The zero-order valence-corrected chi connectivity index (χ0v) is 24.2. The van der Waals surface area contributed by atoms with Gasteiger partial charge in [0, 0.05) is 0 Å². The third-order valence-electron chi connectivity index (χ3n) is 5.86. The first kappa shape index (κ1) is 29.6. The molecule has 2 radical (unpaired) electrons. The molecule has 0 saturated carbocycles. The van der Waals surface area contributed by atoms with Crippen LogP contribution in [0.5, 0.6) is 0 Å². The van der Waals surface area contributed by atoms with Gasteiger partial charge in [0.25, 0.3) is 0 Å². The first-order valence-corrected chi connectivity index (χ1v) is 14.2. The van der Waals surface area contributed by atoms with Gasteiger partial charge in [-0.25, -0.2) is 5.57 Å². The van der Waals surface area contributed by atoms with Crippen LogP contribution >= 0.6 is 0 Å². The molecular formula is C29H36SiZr-4. The molecule has 0 saturated heterocycles. The fourth-order valence-corrected chi connectivity index (χ4v) is 4.14. The number of rotatable bonds is 1. The molecule has 1 aliphatic rings. The summed E-state index contributed by atoms with van der Waals surface area (Å²) >= 11 is 1.36. The van der Waals surface area contributed by atoms with Crippen LogP contribution in [-0.4, -0.2) is 6.88 Å². The molecule has 0 N–H and O–H groups in total. The average Bonchev–Trinajstić information content (AvgIpc) is 3.20. The van der Waals surface area contributed by atoms with Crippen LogP contribution in [0.4, 0.5) is 0 Å². The number of hydrogen-bond donors (Lipinski definition) is 0. The van der Waals surface area contributed by atoms with Crippen molar-refractivity contribution in [2.24, 2.45) is 5.92 Å². The normalized spacial score (nSPS) is 14.4. The molecule has 0 bridgehead atoms. The number of aryl methyl sites for hydroxylation is 3. The molecular weight excluding hydrogens is 468 g/mol. The van der Waals surface area contributed by atoms with Crippen LogP contribution in [0.2, 0.25) is 0 Å². The predicted molar refractivity (Wildman–Crippen MR) is 138 cm³/mol. The van der Waals surface area contributed by atoms with Crippen molar-refractivity contribution in [1.82, 2.24) is 0 Å². The number of hydrogen-bond acceptors (Lipinski definition) is 0. The van der Waals surface area contributed by atoms with Crippen molar-refractivity contribution >= 4 is 17.7 Å². The van der Waals surface area contributed by atoms with Gasteiger partial charge in [-0.3, -0.25) is 6.08 Å². The van der Waals surface area contributed by atoms with Crippen molar-refractivity contribution in [2.45, 2.75) is 48.5 Å². The van der Waals surface area contributed by atoms with Crippen LogP contribution in [0.25, 0.3) is 21.9 Å². The summed E-state index contributed by atoms with van der Waals surface area (Å²) in [4.78, 5) is 0. The topological polar surface area (TPSA) is 0 Å². The maximum absolute atomic E-state index is 3.36. The van der Waals surface area contributed by atoms with E-state index in [9.17, 15) is 0 Å². The Hall–Kier alpha value is -1.37. The van der Waals surface area contributed by atoms with Gasteiger partial charge in [-0.15, -0.1) is 53.6 Å². The molecule has 1 atom stereocenters. The van der Waals surface area contributed by atoms with Gasteiger partial charge in [-0.2, -0.15) is 11.1 Å². The van der Waals surface area contributed by atoms with E-state index in [1.165, 1.54) is 78.6 Å². The Kier molecular flexibility index (Phi) is 12.7. The number of fused-ring (bicyclic) bond motifs is 1. The van der Waals surface area contributed by atoms with E-state index in [1.807, 2.05) is 0 Å². The summed E-state index contributed by atoms with van der Waals surface area (Å²) in [6.07, 6.45) is 3.36. The fraction of sp³-hybridized carbons (Fsp3) is 0.276. The number of benzene rings is 2. The Morgan fingerprint density at radius 3 is 1.90 bits per heavy atom. The van der Waals surface area contributed by atoms with E-state index >= 15 is 0 Å². The zero-order chi connectivity index (χ0) is 21.7. The molecule has 0 fully saturated rings. The fourth-order valence-electron chi connectivity index (χ4n) is 4.14. The van der Waals surface area contributed by atoms with Gasteiger partial charge in [0.1, 0.15) is 0 Å². The van der Waals surface area contributed by atoms with Gasteiger partial charge < -0.3 is 14.9 Å². The van der Waals surface area contributed by atoms with Crippen LogP contribution in [0.1, 0.15) is 44.4 Å².